The van der Waals surface area contributed by atoms with Crippen LogP contribution in [0.4, 0.5) is 0 Å². The molecule has 2 heterocycles. The molecular weight excluding hydrogens is 368 g/mol. The second kappa shape index (κ2) is 7.85. The van der Waals surface area contributed by atoms with Crippen LogP contribution in [0, 0.1) is 13.8 Å². The first-order chi connectivity index (χ1) is 12.9. The molecule has 0 aliphatic carbocycles. The maximum absolute atomic E-state index is 12.7. The minimum Gasteiger partial charge on any atom is -0.494 e. The Morgan fingerprint density at radius 3 is 2.70 bits per heavy atom. The highest BCUT2D eigenvalue weighted by Crippen LogP contribution is 2.26. The van der Waals surface area contributed by atoms with Crippen molar-refractivity contribution in [1.29, 1.82) is 0 Å². The molecule has 3 rings (SSSR count). The highest BCUT2D eigenvalue weighted by atomic mass is 32.2. The summed E-state index contributed by atoms with van der Waals surface area (Å²) in [5.41, 5.74) is 2.01. The summed E-state index contributed by atoms with van der Waals surface area (Å²) >= 11 is 0. The van der Waals surface area contributed by atoms with E-state index in [0.29, 0.717) is 23.5 Å². The zero-order chi connectivity index (χ0) is 19.4. The lowest BCUT2D eigenvalue weighted by molar-refractivity contribution is 0.337. The van der Waals surface area contributed by atoms with E-state index in [1.165, 1.54) is 0 Å². The molecule has 0 radical (unpaired) electrons. The normalized spacial score (nSPS) is 11.5. The van der Waals surface area contributed by atoms with Crippen molar-refractivity contribution in [3.63, 3.8) is 0 Å². The molecule has 1 N–H and O–H groups in total. The summed E-state index contributed by atoms with van der Waals surface area (Å²) in [6.07, 6.45) is 3.23. The maximum atomic E-state index is 12.7. The summed E-state index contributed by atoms with van der Waals surface area (Å²) in [6, 6.07) is 6.84. The summed E-state index contributed by atoms with van der Waals surface area (Å²) < 4.78 is 38.8. The van der Waals surface area contributed by atoms with E-state index >= 15 is 0 Å². The van der Waals surface area contributed by atoms with Crippen molar-refractivity contribution in [1.82, 2.24) is 19.9 Å². The minimum atomic E-state index is -3.74. The van der Waals surface area contributed by atoms with Gasteiger partial charge in [-0.25, -0.2) is 13.1 Å². The average molecular weight is 388 g/mol. The van der Waals surface area contributed by atoms with E-state index in [1.807, 2.05) is 13.8 Å². The quantitative estimate of drug-likeness (QED) is 0.663. The Morgan fingerprint density at radius 2 is 2.00 bits per heavy atom. The van der Waals surface area contributed by atoms with Crippen molar-refractivity contribution >= 4 is 10.0 Å². The smallest absolute Gasteiger partial charge is 0.249 e. The molecule has 0 fully saturated rings. The number of ether oxygens (including phenoxy) is 1. The molecule has 0 aliphatic rings. The summed E-state index contributed by atoms with van der Waals surface area (Å²) in [4.78, 5) is 4.17. The van der Waals surface area contributed by atoms with Gasteiger partial charge in [0.05, 0.1) is 23.6 Å². The van der Waals surface area contributed by atoms with Crippen molar-refractivity contribution in [2.45, 2.75) is 32.2 Å². The van der Waals surface area contributed by atoms with Crippen LogP contribution < -0.4 is 9.46 Å². The molecule has 0 bridgehead atoms. The van der Waals surface area contributed by atoms with Gasteiger partial charge in [0.2, 0.25) is 21.8 Å². The third-order valence-electron chi connectivity index (χ3n) is 3.85. The molecule has 2 aromatic heterocycles. The fraction of sp³-hybridized carbons (Fsp3) is 0.278. The van der Waals surface area contributed by atoms with Gasteiger partial charge in [-0.2, -0.15) is 0 Å². The Hall–Kier alpha value is -2.78. The van der Waals surface area contributed by atoms with Crippen LogP contribution in [0.15, 0.2) is 46.0 Å². The first kappa shape index (κ1) is 19.0. The number of rotatable bonds is 7. The van der Waals surface area contributed by atoms with E-state index in [2.05, 4.69) is 19.9 Å². The second-order valence-electron chi connectivity index (χ2n) is 5.88. The number of benzene rings is 1. The van der Waals surface area contributed by atoms with Crippen LogP contribution in [0.1, 0.15) is 23.9 Å². The van der Waals surface area contributed by atoms with Gasteiger partial charge in [0, 0.05) is 12.4 Å². The molecule has 0 aliphatic heterocycles. The van der Waals surface area contributed by atoms with Crippen LogP contribution in [0.3, 0.4) is 0 Å². The summed E-state index contributed by atoms with van der Waals surface area (Å²) in [7, 11) is -3.74. The number of nitrogens with zero attached hydrogens (tertiary/aromatic N) is 3. The van der Waals surface area contributed by atoms with Gasteiger partial charge in [0.15, 0.2) is 0 Å². The summed E-state index contributed by atoms with van der Waals surface area (Å²) in [5, 5.41) is 7.79. The van der Waals surface area contributed by atoms with E-state index in [0.717, 1.165) is 5.56 Å². The number of nitrogens with one attached hydrogen (secondary N) is 1. The van der Waals surface area contributed by atoms with Crippen LogP contribution in [0.2, 0.25) is 0 Å². The van der Waals surface area contributed by atoms with Crippen molar-refractivity contribution in [2.24, 2.45) is 0 Å². The van der Waals surface area contributed by atoms with Crippen molar-refractivity contribution in [3.8, 4) is 17.2 Å². The van der Waals surface area contributed by atoms with Gasteiger partial charge in [-0.1, -0.05) is 0 Å². The Kier molecular flexibility index (Phi) is 5.52. The van der Waals surface area contributed by atoms with Crippen LogP contribution >= 0.6 is 0 Å². The van der Waals surface area contributed by atoms with Crippen LogP contribution in [0.5, 0.6) is 5.75 Å². The maximum Gasteiger partial charge on any atom is 0.249 e. The largest absolute Gasteiger partial charge is 0.494 e. The standard InChI is InChI=1S/C18H20N4O4S/c1-4-25-15-8-13(3)16(9-12(15)2)27(23,24)20-11-17-21-22-18(26-17)14-6-5-7-19-10-14/h5-10,20H,4,11H2,1-3H3. The number of hydrogen-bond acceptors (Lipinski definition) is 7. The first-order valence-electron chi connectivity index (χ1n) is 8.37. The molecule has 142 valence electrons. The minimum absolute atomic E-state index is 0.110. The summed E-state index contributed by atoms with van der Waals surface area (Å²) in [5.74, 6) is 1.12. The van der Waals surface area contributed by atoms with Crippen LogP contribution in [-0.4, -0.2) is 30.2 Å². The molecule has 1 aromatic carbocycles. The fourth-order valence-electron chi connectivity index (χ4n) is 2.53. The first-order valence-corrected chi connectivity index (χ1v) is 9.85. The van der Waals surface area contributed by atoms with E-state index in [1.54, 1.807) is 43.6 Å². The lowest BCUT2D eigenvalue weighted by atomic mass is 10.1. The Balaban J connectivity index is 1.76. The second-order valence-corrected chi connectivity index (χ2v) is 7.62. The Bertz CT molecular complexity index is 1030. The molecule has 27 heavy (non-hydrogen) atoms. The zero-order valence-electron chi connectivity index (χ0n) is 15.3. The van der Waals surface area contributed by atoms with Crippen molar-refractivity contribution in [3.05, 3.63) is 53.7 Å². The Morgan fingerprint density at radius 1 is 1.19 bits per heavy atom. The van der Waals surface area contributed by atoms with E-state index < -0.39 is 10.0 Å². The number of sulfonamides is 1. The Labute approximate surface area is 157 Å². The molecule has 0 saturated heterocycles. The number of pyridine rings is 1. The van der Waals surface area contributed by atoms with Gasteiger partial charge in [-0.05, 0) is 56.2 Å². The lowest BCUT2D eigenvalue weighted by Crippen LogP contribution is -2.24. The number of aromatic nitrogens is 3. The van der Waals surface area contributed by atoms with Gasteiger partial charge in [-0.15, -0.1) is 10.2 Å². The predicted molar refractivity (Wildman–Crippen MR) is 98.6 cm³/mol. The van der Waals surface area contributed by atoms with E-state index in [9.17, 15) is 8.42 Å². The van der Waals surface area contributed by atoms with E-state index in [-0.39, 0.29) is 23.2 Å². The fourth-order valence-corrected chi connectivity index (χ4v) is 3.81. The third kappa shape index (κ3) is 4.32. The topological polar surface area (TPSA) is 107 Å². The van der Waals surface area contributed by atoms with Crippen LogP contribution in [0.25, 0.3) is 11.5 Å². The van der Waals surface area contributed by atoms with Gasteiger partial charge in [0.25, 0.3) is 0 Å². The van der Waals surface area contributed by atoms with Crippen LogP contribution in [-0.2, 0) is 16.6 Å². The average Bonchev–Trinajstić information content (AvgIpc) is 3.13. The molecule has 0 saturated carbocycles. The highest BCUT2D eigenvalue weighted by Gasteiger charge is 2.20. The molecule has 0 spiro atoms. The van der Waals surface area contributed by atoms with Crippen molar-refractivity contribution in [2.75, 3.05) is 6.61 Å². The molecule has 0 amide bonds. The predicted octanol–water partition coefficient (Wildman–Crippen LogP) is 2.63. The molecular formula is C18H20N4O4S. The molecule has 9 heteroatoms. The molecule has 0 unspecified atom stereocenters. The third-order valence-corrected chi connectivity index (χ3v) is 5.39. The highest BCUT2D eigenvalue weighted by molar-refractivity contribution is 7.89. The zero-order valence-corrected chi connectivity index (χ0v) is 16.1. The van der Waals surface area contributed by atoms with E-state index in [4.69, 9.17) is 9.15 Å². The summed E-state index contributed by atoms with van der Waals surface area (Å²) in [6.45, 7) is 5.82. The SMILES string of the molecule is CCOc1cc(C)c(S(=O)(=O)NCc2nnc(-c3cccnc3)o2)cc1C. The monoisotopic (exact) mass is 388 g/mol. The van der Waals surface area contributed by atoms with Gasteiger partial charge in [0.1, 0.15) is 5.75 Å². The lowest BCUT2D eigenvalue weighted by Gasteiger charge is -2.13. The van der Waals surface area contributed by atoms with Gasteiger partial charge in [-0.3, -0.25) is 4.98 Å². The van der Waals surface area contributed by atoms with Gasteiger partial charge >= 0.3 is 0 Å². The van der Waals surface area contributed by atoms with Gasteiger partial charge < -0.3 is 9.15 Å². The molecule has 3 aromatic rings. The number of aryl methyl sites for hydroxylation is 2. The molecule has 0 atom stereocenters. The van der Waals surface area contributed by atoms with Crippen molar-refractivity contribution < 1.29 is 17.6 Å². The number of hydrogen-bond donors (Lipinski definition) is 1. The molecule has 8 nitrogen and oxygen atoms in total.